The second kappa shape index (κ2) is 7.70. The number of rotatable bonds is 5. The smallest absolute Gasteiger partial charge is 0.232 e. The fourth-order valence-electron chi connectivity index (χ4n) is 2.93. The molecular formula is C20H21ClN2O2. The van der Waals surface area contributed by atoms with E-state index in [0.29, 0.717) is 17.3 Å². The minimum atomic E-state index is 0.0109. The molecule has 1 aromatic carbocycles. The van der Waals surface area contributed by atoms with Crippen molar-refractivity contribution in [2.45, 2.75) is 32.2 Å². The highest BCUT2D eigenvalue weighted by molar-refractivity contribution is 6.31. The highest BCUT2D eigenvalue weighted by atomic mass is 35.5. The number of aryl methyl sites for hydroxylation is 1. The second-order valence-corrected chi connectivity index (χ2v) is 6.44. The summed E-state index contributed by atoms with van der Waals surface area (Å²) in [7, 11) is 1.55. The molecule has 1 atom stereocenters. The molecule has 0 aliphatic carbocycles. The molecule has 2 heterocycles. The second-order valence-electron chi connectivity index (χ2n) is 6.03. The molecule has 1 fully saturated rings. The van der Waals surface area contributed by atoms with Gasteiger partial charge in [-0.05, 0) is 36.1 Å². The van der Waals surface area contributed by atoms with E-state index in [1.54, 1.807) is 13.2 Å². The van der Waals surface area contributed by atoms with Crippen LogP contribution in [-0.2, 0) is 11.2 Å². The molecule has 1 N–H and O–H groups in total. The summed E-state index contributed by atoms with van der Waals surface area (Å²) in [6.07, 6.45) is 4.41. The molecule has 3 rings (SSSR count). The van der Waals surface area contributed by atoms with Crippen LogP contribution in [0.4, 0.5) is 0 Å². The molecule has 1 aromatic heterocycles. The fourth-order valence-corrected chi connectivity index (χ4v) is 3.11. The van der Waals surface area contributed by atoms with E-state index in [2.05, 4.69) is 47.6 Å². The van der Waals surface area contributed by atoms with E-state index in [9.17, 15) is 4.79 Å². The summed E-state index contributed by atoms with van der Waals surface area (Å²) in [5, 5.41) is 3.46. The molecule has 25 heavy (non-hydrogen) atoms. The third-order valence-corrected chi connectivity index (χ3v) is 4.64. The van der Waals surface area contributed by atoms with Gasteiger partial charge < -0.3 is 10.1 Å². The zero-order chi connectivity index (χ0) is 17.8. The predicted molar refractivity (Wildman–Crippen MR) is 99.9 cm³/mol. The van der Waals surface area contributed by atoms with Gasteiger partial charge in [-0.1, -0.05) is 48.9 Å². The van der Waals surface area contributed by atoms with E-state index >= 15 is 0 Å². The standard InChI is InChI=1S/C20H21ClN2O2/c1-3-13-4-6-14(7-5-13)16(12-15-8-11-19(24)22-15)18-10-9-17(21)20(23-18)25-2/h4-7,9-10,12,15H,3,8,11H2,1-2H3,(H,22,24)/t15-/m1/s1. The first-order valence-corrected chi connectivity index (χ1v) is 8.80. The summed E-state index contributed by atoms with van der Waals surface area (Å²) in [5.41, 5.74) is 4.06. The molecule has 1 aliphatic rings. The molecule has 1 aliphatic heterocycles. The summed E-state index contributed by atoms with van der Waals surface area (Å²) in [6, 6.07) is 12.1. The van der Waals surface area contributed by atoms with Gasteiger partial charge in [0.25, 0.3) is 0 Å². The van der Waals surface area contributed by atoms with Crippen molar-refractivity contribution in [3.63, 3.8) is 0 Å². The Morgan fingerprint density at radius 3 is 2.68 bits per heavy atom. The van der Waals surface area contributed by atoms with Gasteiger partial charge in [-0.2, -0.15) is 0 Å². The number of carbonyl (C=O) groups is 1. The Morgan fingerprint density at radius 2 is 2.08 bits per heavy atom. The number of nitrogens with one attached hydrogen (secondary N) is 1. The number of hydrogen-bond donors (Lipinski definition) is 1. The third kappa shape index (κ3) is 4.02. The molecular weight excluding hydrogens is 336 g/mol. The molecule has 0 saturated carbocycles. The molecule has 2 aromatic rings. The van der Waals surface area contributed by atoms with Crippen molar-refractivity contribution in [2.75, 3.05) is 7.11 Å². The topological polar surface area (TPSA) is 51.2 Å². The van der Waals surface area contributed by atoms with E-state index in [4.69, 9.17) is 16.3 Å². The first kappa shape index (κ1) is 17.5. The molecule has 1 amide bonds. The van der Waals surface area contributed by atoms with Crippen LogP contribution in [0.3, 0.4) is 0 Å². The van der Waals surface area contributed by atoms with Crippen LogP contribution in [0.2, 0.25) is 5.02 Å². The minimum Gasteiger partial charge on any atom is -0.480 e. The maximum atomic E-state index is 11.5. The molecule has 130 valence electrons. The number of methoxy groups -OCH3 is 1. The van der Waals surface area contributed by atoms with Crippen molar-refractivity contribution in [1.82, 2.24) is 10.3 Å². The van der Waals surface area contributed by atoms with Crippen LogP contribution in [-0.4, -0.2) is 24.0 Å². The Morgan fingerprint density at radius 1 is 1.32 bits per heavy atom. The van der Waals surface area contributed by atoms with E-state index < -0.39 is 0 Å². The molecule has 1 saturated heterocycles. The lowest BCUT2D eigenvalue weighted by Crippen LogP contribution is -2.23. The number of pyridine rings is 1. The van der Waals surface area contributed by atoms with Gasteiger partial charge in [-0.15, -0.1) is 0 Å². The van der Waals surface area contributed by atoms with Gasteiger partial charge in [0, 0.05) is 18.0 Å². The van der Waals surface area contributed by atoms with Gasteiger partial charge in [0.15, 0.2) is 0 Å². The number of aromatic nitrogens is 1. The molecule has 5 heteroatoms. The van der Waals surface area contributed by atoms with E-state index in [1.165, 1.54) is 5.56 Å². The summed E-state index contributed by atoms with van der Waals surface area (Å²) in [5.74, 6) is 0.481. The zero-order valence-electron chi connectivity index (χ0n) is 14.4. The number of ether oxygens (including phenoxy) is 1. The van der Waals surface area contributed by atoms with Crippen LogP contribution in [0, 0.1) is 0 Å². The van der Waals surface area contributed by atoms with Crippen molar-refractivity contribution in [2.24, 2.45) is 0 Å². The fraction of sp³-hybridized carbons (Fsp3) is 0.300. The minimum absolute atomic E-state index is 0.0109. The average molecular weight is 357 g/mol. The molecule has 0 spiro atoms. The number of halogens is 1. The number of benzene rings is 1. The van der Waals surface area contributed by atoms with Gasteiger partial charge in [0.05, 0.1) is 12.8 Å². The van der Waals surface area contributed by atoms with Gasteiger partial charge in [-0.25, -0.2) is 4.98 Å². The largest absolute Gasteiger partial charge is 0.480 e. The average Bonchev–Trinajstić information content (AvgIpc) is 3.05. The highest BCUT2D eigenvalue weighted by Gasteiger charge is 2.21. The quantitative estimate of drug-likeness (QED) is 0.880. The first-order chi connectivity index (χ1) is 12.1. The SMILES string of the molecule is CCc1ccc(C(=C[C@H]2CCC(=O)N2)c2ccc(Cl)c(OC)n2)cc1. The molecule has 4 nitrogen and oxygen atoms in total. The van der Waals surface area contributed by atoms with Crippen molar-refractivity contribution in [1.29, 1.82) is 0 Å². The van der Waals surface area contributed by atoms with E-state index in [1.807, 2.05) is 6.07 Å². The third-order valence-electron chi connectivity index (χ3n) is 4.35. The van der Waals surface area contributed by atoms with Gasteiger partial charge >= 0.3 is 0 Å². The molecule has 0 radical (unpaired) electrons. The lowest BCUT2D eigenvalue weighted by molar-refractivity contribution is -0.119. The van der Waals surface area contributed by atoms with Crippen molar-refractivity contribution >= 4 is 23.1 Å². The van der Waals surface area contributed by atoms with Crippen molar-refractivity contribution in [3.8, 4) is 5.88 Å². The van der Waals surface area contributed by atoms with E-state index in [0.717, 1.165) is 29.7 Å². The van der Waals surface area contributed by atoms with Crippen molar-refractivity contribution < 1.29 is 9.53 Å². The maximum Gasteiger partial charge on any atom is 0.232 e. The van der Waals surface area contributed by atoms with Crippen LogP contribution in [0.1, 0.15) is 36.6 Å². The maximum absolute atomic E-state index is 11.5. The lowest BCUT2D eigenvalue weighted by Gasteiger charge is -2.13. The predicted octanol–water partition coefficient (Wildman–Crippen LogP) is 4.02. The summed E-state index contributed by atoms with van der Waals surface area (Å²) in [6.45, 7) is 2.13. The van der Waals surface area contributed by atoms with Crippen LogP contribution in [0.25, 0.3) is 5.57 Å². The molecule has 0 unspecified atom stereocenters. The monoisotopic (exact) mass is 356 g/mol. The Labute approximate surface area is 152 Å². The lowest BCUT2D eigenvalue weighted by atomic mass is 9.97. The number of amides is 1. The van der Waals surface area contributed by atoms with E-state index in [-0.39, 0.29) is 11.9 Å². The number of hydrogen-bond acceptors (Lipinski definition) is 3. The first-order valence-electron chi connectivity index (χ1n) is 8.42. The Balaban J connectivity index is 2.04. The summed E-state index contributed by atoms with van der Waals surface area (Å²) >= 11 is 6.11. The number of carbonyl (C=O) groups excluding carboxylic acids is 1. The number of nitrogens with zero attached hydrogens (tertiary/aromatic N) is 1. The van der Waals surface area contributed by atoms with Crippen LogP contribution in [0.15, 0.2) is 42.5 Å². The Bertz CT molecular complexity index is 800. The van der Waals surface area contributed by atoms with Gasteiger partial charge in [0.2, 0.25) is 11.8 Å². The summed E-state index contributed by atoms with van der Waals surface area (Å²) < 4.78 is 5.26. The van der Waals surface area contributed by atoms with Crippen molar-refractivity contribution in [3.05, 3.63) is 64.3 Å². The normalized spacial score (nSPS) is 17.5. The van der Waals surface area contributed by atoms with Crippen LogP contribution < -0.4 is 10.1 Å². The van der Waals surface area contributed by atoms with Crippen LogP contribution in [0.5, 0.6) is 5.88 Å². The summed E-state index contributed by atoms with van der Waals surface area (Å²) in [4.78, 5) is 16.1. The highest BCUT2D eigenvalue weighted by Crippen LogP contribution is 2.29. The Kier molecular flexibility index (Phi) is 5.39. The molecule has 0 bridgehead atoms. The Hall–Kier alpha value is -2.33. The van der Waals surface area contributed by atoms with Gasteiger partial charge in [0.1, 0.15) is 5.02 Å². The van der Waals surface area contributed by atoms with Crippen LogP contribution >= 0.6 is 11.6 Å². The zero-order valence-corrected chi connectivity index (χ0v) is 15.1. The van der Waals surface area contributed by atoms with Gasteiger partial charge in [-0.3, -0.25) is 4.79 Å².